The molecule has 2 amide bonds. The van der Waals surface area contributed by atoms with Gasteiger partial charge in [-0.2, -0.15) is 0 Å². The van der Waals surface area contributed by atoms with Gasteiger partial charge in [0.25, 0.3) is 0 Å². The number of nitrogen functional groups attached to an aromatic ring is 1. The molecule has 1 saturated heterocycles. The molecule has 0 aliphatic carbocycles. The van der Waals surface area contributed by atoms with Crippen LogP contribution in [0, 0.1) is 5.41 Å². The highest BCUT2D eigenvalue weighted by Crippen LogP contribution is 2.32. The van der Waals surface area contributed by atoms with Crippen molar-refractivity contribution >= 4 is 17.5 Å². The molecule has 20 heavy (non-hydrogen) atoms. The Morgan fingerprint density at radius 1 is 1.20 bits per heavy atom. The molecule has 2 rings (SSSR count). The summed E-state index contributed by atoms with van der Waals surface area (Å²) in [4.78, 5) is 25.5. The smallest absolute Gasteiger partial charge is 0.230 e. The van der Waals surface area contributed by atoms with Gasteiger partial charge in [0.2, 0.25) is 11.8 Å². The summed E-state index contributed by atoms with van der Waals surface area (Å²) in [6, 6.07) is 5.24. The van der Waals surface area contributed by atoms with Crippen LogP contribution in [0.5, 0.6) is 5.75 Å². The zero-order valence-corrected chi connectivity index (χ0v) is 12.1. The number of hydrogen-bond acceptors (Lipinski definition) is 4. The highest BCUT2D eigenvalue weighted by molar-refractivity contribution is 5.98. The third-order valence-electron chi connectivity index (χ3n) is 3.43. The molecule has 1 aromatic rings. The number of carbonyl (C=O) groups is 2. The lowest BCUT2D eigenvalue weighted by Gasteiger charge is -2.34. The van der Waals surface area contributed by atoms with Crippen LogP contribution in [0.3, 0.4) is 0 Å². The topological polar surface area (TPSA) is 72.6 Å². The van der Waals surface area contributed by atoms with E-state index in [0.717, 1.165) is 5.56 Å². The quantitative estimate of drug-likeness (QED) is 0.676. The van der Waals surface area contributed by atoms with Crippen molar-refractivity contribution in [1.29, 1.82) is 0 Å². The van der Waals surface area contributed by atoms with Crippen LogP contribution >= 0.6 is 0 Å². The number of nitrogens with zero attached hydrogens (tertiary/aromatic N) is 1. The Hall–Kier alpha value is -2.04. The van der Waals surface area contributed by atoms with Crippen LogP contribution in [0.25, 0.3) is 0 Å². The minimum absolute atomic E-state index is 0.132. The molecule has 0 radical (unpaired) electrons. The predicted molar refractivity (Wildman–Crippen MR) is 76.0 cm³/mol. The van der Waals surface area contributed by atoms with Gasteiger partial charge in [0, 0.05) is 24.6 Å². The Kier molecular flexibility index (Phi) is 3.70. The maximum atomic E-state index is 12.1. The summed E-state index contributed by atoms with van der Waals surface area (Å²) in [7, 11) is 1.55. The Morgan fingerprint density at radius 2 is 1.80 bits per heavy atom. The fourth-order valence-corrected chi connectivity index (χ4v) is 2.47. The average Bonchev–Trinajstić information content (AvgIpc) is 2.32. The van der Waals surface area contributed by atoms with Crippen LogP contribution < -0.4 is 10.5 Å². The number of methoxy groups -OCH3 is 1. The van der Waals surface area contributed by atoms with Gasteiger partial charge in [0.05, 0.1) is 13.7 Å². The first-order valence-electron chi connectivity index (χ1n) is 6.57. The van der Waals surface area contributed by atoms with Gasteiger partial charge in [-0.3, -0.25) is 14.5 Å². The summed E-state index contributed by atoms with van der Waals surface area (Å²) in [5, 5.41) is 0. The molecule has 0 saturated carbocycles. The van der Waals surface area contributed by atoms with Gasteiger partial charge in [0.1, 0.15) is 5.75 Å². The lowest BCUT2D eigenvalue weighted by Crippen LogP contribution is -2.45. The molecule has 1 heterocycles. The predicted octanol–water partition coefficient (Wildman–Crippen LogP) is 1.95. The summed E-state index contributed by atoms with van der Waals surface area (Å²) < 4.78 is 5.14. The zero-order valence-electron chi connectivity index (χ0n) is 12.1. The van der Waals surface area contributed by atoms with E-state index in [9.17, 15) is 9.59 Å². The number of nitrogens with two attached hydrogens (primary N) is 1. The van der Waals surface area contributed by atoms with Crippen molar-refractivity contribution in [1.82, 2.24) is 4.90 Å². The molecule has 0 atom stereocenters. The van der Waals surface area contributed by atoms with Gasteiger partial charge in [-0.25, -0.2) is 0 Å². The Morgan fingerprint density at radius 3 is 2.35 bits per heavy atom. The number of imide groups is 1. The first-order valence-corrected chi connectivity index (χ1v) is 6.57. The number of ether oxygens (including phenoxy) is 1. The van der Waals surface area contributed by atoms with Crippen molar-refractivity contribution in [3.8, 4) is 5.75 Å². The van der Waals surface area contributed by atoms with Gasteiger partial charge >= 0.3 is 0 Å². The molecular formula is C15H20N2O3. The van der Waals surface area contributed by atoms with Crippen LogP contribution in [0.15, 0.2) is 18.2 Å². The number of carbonyl (C=O) groups excluding carboxylic acids is 2. The van der Waals surface area contributed by atoms with Crippen molar-refractivity contribution < 1.29 is 14.3 Å². The second-order valence-electron chi connectivity index (χ2n) is 6.01. The third kappa shape index (κ3) is 3.10. The molecule has 1 aliphatic rings. The van der Waals surface area contributed by atoms with Gasteiger partial charge < -0.3 is 10.5 Å². The number of rotatable bonds is 3. The number of anilines is 1. The maximum Gasteiger partial charge on any atom is 0.230 e. The van der Waals surface area contributed by atoms with E-state index in [4.69, 9.17) is 10.5 Å². The lowest BCUT2D eigenvalue weighted by atomic mass is 9.81. The van der Waals surface area contributed by atoms with Crippen molar-refractivity contribution in [2.45, 2.75) is 33.2 Å². The number of piperidine rings is 1. The molecule has 2 N–H and O–H groups in total. The number of hydrogen-bond donors (Lipinski definition) is 1. The van der Waals surface area contributed by atoms with Crippen LogP contribution in [-0.2, 0) is 16.1 Å². The van der Waals surface area contributed by atoms with Crippen molar-refractivity contribution in [2.75, 3.05) is 12.8 Å². The van der Waals surface area contributed by atoms with Crippen LogP contribution in [0.4, 0.5) is 5.69 Å². The maximum absolute atomic E-state index is 12.1. The normalized spacial score (nSPS) is 18.2. The summed E-state index contributed by atoms with van der Waals surface area (Å²) in [6.07, 6.45) is 0.774. The fraction of sp³-hybridized carbons (Fsp3) is 0.467. The van der Waals surface area contributed by atoms with Gasteiger partial charge in [0.15, 0.2) is 0 Å². The molecule has 5 heteroatoms. The fourth-order valence-electron chi connectivity index (χ4n) is 2.47. The van der Waals surface area contributed by atoms with E-state index in [0.29, 0.717) is 24.3 Å². The highest BCUT2D eigenvalue weighted by Gasteiger charge is 2.37. The molecule has 5 nitrogen and oxygen atoms in total. The molecular weight excluding hydrogens is 256 g/mol. The monoisotopic (exact) mass is 276 g/mol. The van der Waals surface area contributed by atoms with Gasteiger partial charge in [-0.05, 0) is 23.1 Å². The minimum atomic E-state index is -0.252. The molecule has 1 aromatic carbocycles. The van der Waals surface area contributed by atoms with Crippen LogP contribution in [0.2, 0.25) is 0 Å². The minimum Gasteiger partial charge on any atom is -0.497 e. The van der Waals surface area contributed by atoms with E-state index in [1.165, 1.54) is 4.90 Å². The standard InChI is InChI=1S/C15H20N2O3/c1-15(2)7-13(18)17(14(19)8-15)9-10-4-11(16)6-12(5-10)20-3/h4-6H,7-9,16H2,1-3H3. The average molecular weight is 276 g/mol. The van der Waals surface area contributed by atoms with Crippen molar-refractivity contribution in [3.63, 3.8) is 0 Å². The molecule has 1 fully saturated rings. The number of likely N-dealkylation sites (tertiary alicyclic amines) is 1. The van der Waals surface area contributed by atoms with Gasteiger partial charge in [-0.15, -0.1) is 0 Å². The van der Waals surface area contributed by atoms with Crippen molar-refractivity contribution in [3.05, 3.63) is 23.8 Å². The molecule has 0 unspecified atom stereocenters. The number of benzene rings is 1. The van der Waals surface area contributed by atoms with Gasteiger partial charge in [-0.1, -0.05) is 13.8 Å². The second kappa shape index (κ2) is 5.15. The van der Waals surface area contributed by atoms with E-state index in [1.807, 2.05) is 13.8 Å². The third-order valence-corrected chi connectivity index (χ3v) is 3.43. The Bertz CT molecular complexity index is 532. The van der Waals surface area contributed by atoms with Crippen LogP contribution in [-0.4, -0.2) is 23.8 Å². The largest absolute Gasteiger partial charge is 0.497 e. The number of amides is 2. The summed E-state index contributed by atoms with van der Waals surface area (Å²) >= 11 is 0. The van der Waals surface area contributed by atoms with E-state index < -0.39 is 0 Å². The van der Waals surface area contributed by atoms with E-state index >= 15 is 0 Å². The second-order valence-corrected chi connectivity index (χ2v) is 6.01. The summed E-state index contributed by atoms with van der Waals surface area (Å²) in [5.41, 5.74) is 6.88. The van der Waals surface area contributed by atoms with E-state index in [-0.39, 0.29) is 23.8 Å². The van der Waals surface area contributed by atoms with Crippen LogP contribution in [0.1, 0.15) is 32.3 Å². The molecule has 108 valence electrons. The Balaban J connectivity index is 2.19. The lowest BCUT2D eigenvalue weighted by molar-refractivity contribution is -0.153. The first kappa shape index (κ1) is 14.4. The Labute approximate surface area is 118 Å². The molecule has 0 aromatic heterocycles. The van der Waals surface area contributed by atoms with Crippen molar-refractivity contribution in [2.24, 2.45) is 5.41 Å². The highest BCUT2D eigenvalue weighted by atomic mass is 16.5. The molecule has 1 aliphatic heterocycles. The SMILES string of the molecule is COc1cc(N)cc(CN2C(=O)CC(C)(C)CC2=O)c1. The molecule has 0 spiro atoms. The van der Waals surface area contributed by atoms with E-state index in [1.54, 1.807) is 25.3 Å². The summed E-state index contributed by atoms with van der Waals surface area (Å²) in [5.74, 6) is 0.359. The zero-order chi connectivity index (χ0) is 14.9. The molecule has 0 bridgehead atoms. The first-order chi connectivity index (χ1) is 9.30. The summed E-state index contributed by atoms with van der Waals surface area (Å²) in [6.45, 7) is 4.11. The van der Waals surface area contributed by atoms with E-state index in [2.05, 4.69) is 0 Å².